The molecule has 0 unspecified atom stereocenters. The van der Waals surface area contributed by atoms with Crippen LogP contribution in [0, 0.1) is 10.1 Å². The number of anilines is 1. The van der Waals surface area contributed by atoms with Crippen LogP contribution in [0.5, 0.6) is 0 Å². The minimum absolute atomic E-state index is 0.0176. The normalized spacial score (nSPS) is 13.9. The molecule has 8 nitrogen and oxygen atoms in total. The summed E-state index contributed by atoms with van der Waals surface area (Å²) in [4.78, 5) is 35.3. The summed E-state index contributed by atoms with van der Waals surface area (Å²) in [6.45, 7) is 0.365. The molecule has 0 aromatic heterocycles. The lowest BCUT2D eigenvalue weighted by atomic mass is 10.1. The molecule has 1 atom stereocenters. The van der Waals surface area contributed by atoms with Gasteiger partial charge in [0.2, 0.25) is 6.10 Å². The van der Waals surface area contributed by atoms with Crippen LogP contribution in [0.3, 0.4) is 0 Å². The van der Waals surface area contributed by atoms with Crippen molar-refractivity contribution in [2.75, 3.05) is 11.9 Å². The number of carbonyl (C=O) groups excluding carboxylic acids is 2. The van der Waals surface area contributed by atoms with E-state index in [1.165, 1.54) is 6.07 Å². The number of nitro benzene ring substituents is 1. The Bertz CT molecular complexity index is 868. The lowest BCUT2D eigenvalue weighted by molar-refractivity contribution is -0.384. The van der Waals surface area contributed by atoms with Gasteiger partial charge < -0.3 is 15.4 Å². The molecule has 29 heavy (non-hydrogen) atoms. The molecule has 1 aliphatic carbocycles. The minimum Gasteiger partial charge on any atom is -0.447 e. The Kier molecular flexibility index (Phi) is 6.78. The van der Waals surface area contributed by atoms with Crippen molar-refractivity contribution in [1.29, 1.82) is 0 Å². The number of ether oxygens (including phenoxy) is 1. The van der Waals surface area contributed by atoms with Crippen molar-refractivity contribution in [1.82, 2.24) is 5.32 Å². The van der Waals surface area contributed by atoms with Crippen LogP contribution in [-0.4, -0.2) is 29.4 Å². The molecule has 0 spiro atoms. The number of carbonyl (C=O) groups is 2. The van der Waals surface area contributed by atoms with Crippen LogP contribution in [0.1, 0.15) is 37.4 Å². The quantitative estimate of drug-likeness (QED) is 0.275. The topological polar surface area (TPSA) is 111 Å². The van der Waals surface area contributed by atoms with Gasteiger partial charge in [-0.1, -0.05) is 42.5 Å². The lowest BCUT2D eigenvalue weighted by Crippen LogP contribution is -2.33. The first-order chi connectivity index (χ1) is 14.0. The Morgan fingerprint density at radius 1 is 1.10 bits per heavy atom. The number of rotatable bonds is 10. The van der Waals surface area contributed by atoms with Gasteiger partial charge in [-0.2, -0.15) is 0 Å². The third kappa shape index (κ3) is 6.03. The van der Waals surface area contributed by atoms with E-state index in [4.69, 9.17) is 4.74 Å². The van der Waals surface area contributed by atoms with Crippen molar-refractivity contribution < 1.29 is 19.2 Å². The van der Waals surface area contributed by atoms with Gasteiger partial charge in [0.1, 0.15) is 5.69 Å². The Morgan fingerprint density at radius 3 is 2.48 bits per heavy atom. The van der Waals surface area contributed by atoms with Gasteiger partial charge in [-0.15, -0.1) is 0 Å². The zero-order valence-electron chi connectivity index (χ0n) is 15.9. The average Bonchev–Trinajstić information content (AvgIpc) is 3.54. The molecule has 0 saturated heterocycles. The van der Waals surface area contributed by atoms with Crippen LogP contribution in [-0.2, 0) is 14.3 Å². The second-order valence-electron chi connectivity index (χ2n) is 6.87. The number of nitrogens with zero attached hydrogens (tertiary/aromatic N) is 1. The number of nitrogens with one attached hydrogen (secondary N) is 2. The number of hydrogen-bond acceptors (Lipinski definition) is 6. The third-order valence-electron chi connectivity index (χ3n) is 4.49. The highest BCUT2D eigenvalue weighted by atomic mass is 16.6. The fourth-order valence-corrected chi connectivity index (χ4v) is 2.83. The predicted molar refractivity (Wildman–Crippen MR) is 107 cm³/mol. The van der Waals surface area contributed by atoms with Crippen LogP contribution in [0.15, 0.2) is 54.6 Å². The van der Waals surface area contributed by atoms with E-state index < -0.39 is 17.0 Å². The van der Waals surface area contributed by atoms with Gasteiger partial charge in [0.25, 0.3) is 11.6 Å². The second-order valence-corrected chi connectivity index (χ2v) is 6.87. The highest BCUT2D eigenvalue weighted by molar-refractivity contribution is 5.85. The molecule has 1 saturated carbocycles. The highest BCUT2D eigenvalue weighted by Gasteiger charge is 2.30. The van der Waals surface area contributed by atoms with E-state index in [-0.39, 0.29) is 24.1 Å². The molecule has 152 valence electrons. The van der Waals surface area contributed by atoms with Crippen molar-refractivity contribution in [2.24, 2.45) is 0 Å². The van der Waals surface area contributed by atoms with Gasteiger partial charge in [0.15, 0.2) is 0 Å². The van der Waals surface area contributed by atoms with Gasteiger partial charge in [0.05, 0.1) is 4.92 Å². The zero-order chi connectivity index (χ0) is 20.6. The van der Waals surface area contributed by atoms with E-state index in [2.05, 4.69) is 10.6 Å². The molecule has 0 bridgehead atoms. The Morgan fingerprint density at radius 2 is 1.79 bits per heavy atom. The van der Waals surface area contributed by atoms with Gasteiger partial charge in [-0.05, 0) is 25.3 Å². The number of benzene rings is 2. The summed E-state index contributed by atoms with van der Waals surface area (Å²) < 4.78 is 5.45. The SMILES string of the molecule is O=C(CCCNc1ccccc1[N+](=O)[O-])O[C@@H](C(=O)NC1CC1)c1ccccc1. The van der Waals surface area contributed by atoms with Crippen LogP contribution < -0.4 is 10.6 Å². The van der Waals surface area contributed by atoms with E-state index in [1.54, 1.807) is 42.5 Å². The summed E-state index contributed by atoms with van der Waals surface area (Å²) in [7, 11) is 0. The summed E-state index contributed by atoms with van der Waals surface area (Å²) in [6.07, 6.45) is 1.41. The van der Waals surface area contributed by atoms with Crippen LogP contribution in [0.2, 0.25) is 0 Å². The smallest absolute Gasteiger partial charge is 0.306 e. The lowest BCUT2D eigenvalue weighted by Gasteiger charge is -2.18. The molecular weight excluding hydrogens is 374 g/mol. The Hall–Kier alpha value is -3.42. The highest BCUT2D eigenvalue weighted by Crippen LogP contribution is 2.24. The first-order valence-electron chi connectivity index (χ1n) is 9.56. The molecule has 1 fully saturated rings. The summed E-state index contributed by atoms with van der Waals surface area (Å²) in [6, 6.07) is 15.4. The molecule has 3 rings (SSSR count). The van der Waals surface area contributed by atoms with E-state index in [0.717, 1.165) is 12.8 Å². The summed E-state index contributed by atoms with van der Waals surface area (Å²) in [5.41, 5.74) is 1.00. The van der Waals surface area contributed by atoms with Crippen molar-refractivity contribution in [3.63, 3.8) is 0 Å². The predicted octanol–water partition coefficient (Wildman–Crippen LogP) is 3.35. The van der Waals surface area contributed by atoms with Crippen molar-refractivity contribution in [3.05, 3.63) is 70.3 Å². The number of nitro groups is 1. The maximum absolute atomic E-state index is 12.5. The van der Waals surface area contributed by atoms with E-state index >= 15 is 0 Å². The van der Waals surface area contributed by atoms with Crippen LogP contribution in [0.4, 0.5) is 11.4 Å². The fraction of sp³-hybridized carbons (Fsp3) is 0.333. The summed E-state index contributed by atoms with van der Waals surface area (Å²) in [5.74, 6) is -0.806. The largest absolute Gasteiger partial charge is 0.447 e. The molecule has 8 heteroatoms. The maximum Gasteiger partial charge on any atom is 0.306 e. The van der Waals surface area contributed by atoms with E-state index in [0.29, 0.717) is 24.2 Å². The zero-order valence-corrected chi connectivity index (χ0v) is 15.9. The molecule has 2 N–H and O–H groups in total. The molecule has 1 amide bonds. The fourth-order valence-electron chi connectivity index (χ4n) is 2.83. The molecule has 0 aliphatic heterocycles. The van der Waals surface area contributed by atoms with E-state index in [9.17, 15) is 19.7 Å². The molecule has 2 aromatic carbocycles. The number of para-hydroxylation sites is 2. The minimum atomic E-state index is -0.979. The van der Waals surface area contributed by atoms with Crippen molar-refractivity contribution >= 4 is 23.3 Å². The molecule has 2 aromatic rings. The number of amides is 1. The van der Waals surface area contributed by atoms with Crippen molar-refractivity contribution in [3.8, 4) is 0 Å². The number of hydrogen-bond donors (Lipinski definition) is 2. The average molecular weight is 397 g/mol. The van der Waals surface area contributed by atoms with Crippen molar-refractivity contribution in [2.45, 2.75) is 37.8 Å². The Balaban J connectivity index is 1.51. The molecule has 1 aliphatic rings. The molecular formula is C21H23N3O5. The molecule has 0 radical (unpaired) electrons. The van der Waals surface area contributed by atoms with Gasteiger partial charge in [-0.3, -0.25) is 19.7 Å². The standard InChI is InChI=1S/C21H23N3O5/c25-19(11-6-14-22-17-9-4-5-10-18(17)24(27)28)29-20(15-7-2-1-3-8-15)21(26)23-16-12-13-16/h1-5,7-10,16,20,22H,6,11-14H2,(H,23,26)/t20-/m1/s1. The first-order valence-corrected chi connectivity index (χ1v) is 9.56. The monoisotopic (exact) mass is 397 g/mol. The Labute approximate surface area is 168 Å². The summed E-state index contributed by atoms with van der Waals surface area (Å²) in [5, 5.41) is 16.9. The first kappa shape index (κ1) is 20.3. The van der Waals surface area contributed by atoms with E-state index in [1.807, 2.05) is 6.07 Å². The summed E-state index contributed by atoms with van der Waals surface area (Å²) >= 11 is 0. The second kappa shape index (κ2) is 9.68. The number of esters is 1. The molecule has 0 heterocycles. The van der Waals surface area contributed by atoms with Gasteiger partial charge in [0, 0.05) is 30.6 Å². The third-order valence-corrected chi connectivity index (χ3v) is 4.49. The van der Waals surface area contributed by atoms with Crippen LogP contribution in [0.25, 0.3) is 0 Å². The maximum atomic E-state index is 12.5. The van der Waals surface area contributed by atoms with Gasteiger partial charge in [-0.25, -0.2) is 0 Å². The van der Waals surface area contributed by atoms with Gasteiger partial charge >= 0.3 is 5.97 Å². The van der Waals surface area contributed by atoms with Crippen LogP contribution >= 0.6 is 0 Å².